The summed E-state index contributed by atoms with van der Waals surface area (Å²) in [5.41, 5.74) is 12.7. The van der Waals surface area contributed by atoms with Gasteiger partial charge < -0.3 is 10.5 Å². The zero-order valence-corrected chi connectivity index (χ0v) is 18.1. The molecule has 164 valence electrons. The highest BCUT2D eigenvalue weighted by Crippen LogP contribution is 2.48. The van der Waals surface area contributed by atoms with Gasteiger partial charge >= 0.3 is 0 Å². The average molecular weight is 404 g/mol. The first-order valence-electron chi connectivity index (χ1n) is 12.4. The number of rotatable bonds is 4. The summed E-state index contributed by atoms with van der Waals surface area (Å²) in [4.78, 5) is 2.83. The molecule has 0 radical (unpaired) electrons. The van der Waals surface area contributed by atoms with Crippen LogP contribution >= 0.6 is 0 Å². The predicted molar refractivity (Wildman–Crippen MR) is 115 cm³/mol. The molecule has 3 aliphatic carbocycles. The Morgan fingerprint density at radius 3 is 2.59 bits per heavy atom. The van der Waals surface area contributed by atoms with Gasteiger partial charge in [0.2, 0.25) is 0 Å². The fourth-order valence-corrected chi connectivity index (χ4v) is 7.68. The van der Waals surface area contributed by atoms with E-state index in [1.54, 1.807) is 0 Å². The first-order chi connectivity index (χ1) is 14.1. The number of nitrogens with two attached hydrogens (primary N) is 1. The molecule has 5 rings (SSSR count). The third-order valence-corrected chi connectivity index (χ3v) is 9.09. The Labute approximate surface area is 176 Å². The summed E-state index contributed by atoms with van der Waals surface area (Å²) >= 11 is 0. The van der Waals surface area contributed by atoms with E-state index in [9.17, 15) is 0 Å². The van der Waals surface area contributed by atoms with Crippen LogP contribution in [0.3, 0.4) is 0 Å². The quantitative estimate of drug-likeness (QED) is 0.428. The van der Waals surface area contributed by atoms with Crippen molar-refractivity contribution in [3.63, 3.8) is 0 Å². The zero-order valence-electron chi connectivity index (χ0n) is 18.1. The van der Waals surface area contributed by atoms with Crippen LogP contribution in [0.5, 0.6) is 0 Å². The van der Waals surface area contributed by atoms with Gasteiger partial charge in [0.05, 0.1) is 11.9 Å². The van der Waals surface area contributed by atoms with Gasteiger partial charge in [0, 0.05) is 18.5 Å². The molecular weight excluding hydrogens is 362 g/mol. The summed E-state index contributed by atoms with van der Waals surface area (Å²) in [5, 5.41) is 8.04. The molecule has 0 aromatic carbocycles. The molecule has 0 aromatic heterocycles. The van der Waals surface area contributed by atoms with Crippen LogP contribution in [-0.4, -0.2) is 41.8 Å². The van der Waals surface area contributed by atoms with Crippen molar-refractivity contribution in [3.05, 3.63) is 0 Å². The number of hydrazine groups is 1. The maximum Gasteiger partial charge on any atom is 0.138 e. The van der Waals surface area contributed by atoms with Crippen molar-refractivity contribution in [3.8, 4) is 0 Å². The number of amidine groups is 1. The summed E-state index contributed by atoms with van der Waals surface area (Å²) < 4.78 is 6.22. The monoisotopic (exact) mass is 403 g/mol. The van der Waals surface area contributed by atoms with Crippen molar-refractivity contribution in [1.82, 2.24) is 15.8 Å². The fourth-order valence-electron chi connectivity index (χ4n) is 7.68. The van der Waals surface area contributed by atoms with E-state index >= 15 is 0 Å². The van der Waals surface area contributed by atoms with Crippen molar-refractivity contribution < 1.29 is 4.74 Å². The molecule has 0 aromatic rings. The predicted octanol–water partition coefficient (Wildman–Crippen LogP) is 3.18. The Bertz CT molecular complexity index is 598. The molecule has 29 heavy (non-hydrogen) atoms. The Morgan fingerprint density at radius 1 is 0.966 bits per heavy atom. The van der Waals surface area contributed by atoms with Crippen molar-refractivity contribution >= 4 is 5.84 Å². The summed E-state index contributed by atoms with van der Waals surface area (Å²) in [6.45, 7) is 3.31. The molecule has 0 amide bonds. The Balaban J connectivity index is 1.35. The molecular formula is C23H41N5O. The number of ether oxygens (including phenoxy) is 1. The number of nitrogens with one attached hydrogen (secondary N) is 3. The molecule has 6 heteroatoms. The lowest BCUT2D eigenvalue weighted by molar-refractivity contribution is -0.0269. The highest BCUT2D eigenvalue weighted by molar-refractivity contribution is 5.79. The smallest absolute Gasteiger partial charge is 0.138 e. The SMILES string of the molecule is CC1NNC(C2CC3CCC(C(=N)N)CC3N2CC2CCCC3CCCCC32)O1. The molecule has 2 heterocycles. The van der Waals surface area contributed by atoms with Crippen LogP contribution in [0.1, 0.15) is 77.6 Å². The van der Waals surface area contributed by atoms with Gasteiger partial charge in [-0.15, -0.1) is 0 Å². The molecule has 9 unspecified atom stereocenters. The molecule has 5 N–H and O–H groups in total. The van der Waals surface area contributed by atoms with Crippen molar-refractivity contribution in [2.75, 3.05) is 6.54 Å². The van der Waals surface area contributed by atoms with Crippen LogP contribution in [0.25, 0.3) is 0 Å². The second-order valence-electron chi connectivity index (χ2n) is 10.7. The van der Waals surface area contributed by atoms with Crippen LogP contribution in [0.4, 0.5) is 0 Å². The van der Waals surface area contributed by atoms with E-state index in [-0.39, 0.29) is 18.4 Å². The first kappa shape index (κ1) is 20.2. The van der Waals surface area contributed by atoms with E-state index < -0.39 is 0 Å². The maximum atomic E-state index is 8.04. The normalized spacial score (nSPS) is 48.2. The van der Waals surface area contributed by atoms with E-state index in [0.29, 0.717) is 17.9 Å². The molecule has 0 spiro atoms. The lowest BCUT2D eigenvalue weighted by Gasteiger charge is -2.46. The van der Waals surface area contributed by atoms with Gasteiger partial charge in [-0.05, 0) is 69.1 Å². The van der Waals surface area contributed by atoms with Crippen LogP contribution in [0, 0.1) is 35.0 Å². The largest absolute Gasteiger partial charge is 0.387 e. The minimum atomic E-state index is 0.0758. The number of hydrogen-bond acceptors (Lipinski definition) is 5. The van der Waals surface area contributed by atoms with Gasteiger partial charge in [-0.2, -0.15) is 0 Å². The van der Waals surface area contributed by atoms with Crippen molar-refractivity contribution in [2.24, 2.45) is 35.3 Å². The van der Waals surface area contributed by atoms with Crippen LogP contribution < -0.4 is 16.6 Å². The zero-order chi connectivity index (χ0) is 20.0. The van der Waals surface area contributed by atoms with Gasteiger partial charge in [-0.3, -0.25) is 10.3 Å². The molecule has 2 aliphatic heterocycles. The second kappa shape index (κ2) is 8.45. The fraction of sp³-hybridized carbons (Fsp3) is 0.957. The highest BCUT2D eigenvalue weighted by Gasteiger charge is 2.50. The minimum absolute atomic E-state index is 0.0758. The minimum Gasteiger partial charge on any atom is -0.387 e. The molecule has 3 saturated carbocycles. The van der Waals surface area contributed by atoms with E-state index in [1.807, 2.05) is 0 Å². The third kappa shape index (κ3) is 3.98. The molecule has 2 saturated heterocycles. The first-order valence-corrected chi connectivity index (χ1v) is 12.4. The lowest BCUT2D eigenvalue weighted by atomic mass is 9.65. The van der Waals surface area contributed by atoms with Gasteiger partial charge in [0.15, 0.2) is 0 Å². The molecule has 0 bridgehead atoms. The summed E-state index contributed by atoms with van der Waals surface area (Å²) in [6, 6.07) is 1.02. The number of fused-ring (bicyclic) bond motifs is 2. The molecule has 6 nitrogen and oxygen atoms in total. The standard InChI is InChI=1S/C23H41N5O/c1-14-26-27-23(29-14)21-11-16-9-10-17(22(24)25)12-20(16)28(21)13-18-7-4-6-15-5-2-3-8-19(15)18/h14-21,23,26-27H,2-13H2,1H3,(H3,24,25). The van der Waals surface area contributed by atoms with E-state index in [1.165, 1.54) is 64.3 Å². The molecule has 9 atom stereocenters. The van der Waals surface area contributed by atoms with Gasteiger partial charge in [0.25, 0.3) is 0 Å². The second-order valence-corrected chi connectivity index (χ2v) is 10.7. The van der Waals surface area contributed by atoms with Crippen LogP contribution in [0.15, 0.2) is 0 Å². The van der Waals surface area contributed by atoms with Crippen molar-refractivity contribution in [1.29, 1.82) is 5.41 Å². The number of likely N-dealkylation sites (tertiary alicyclic amines) is 1. The summed E-state index contributed by atoms with van der Waals surface area (Å²) in [7, 11) is 0. The van der Waals surface area contributed by atoms with Crippen molar-refractivity contribution in [2.45, 2.75) is 102 Å². The Kier molecular flexibility index (Phi) is 5.89. The van der Waals surface area contributed by atoms with Crippen LogP contribution in [0.2, 0.25) is 0 Å². The highest BCUT2D eigenvalue weighted by atomic mass is 16.5. The van der Waals surface area contributed by atoms with E-state index in [4.69, 9.17) is 15.9 Å². The van der Waals surface area contributed by atoms with E-state index in [2.05, 4.69) is 22.7 Å². The molecule has 5 aliphatic rings. The summed E-state index contributed by atoms with van der Waals surface area (Å²) in [5.74, 6) is 4.20. The average Bonchev–Trinajstić information content (AvgIpc) is 3.31. The lowest BCUT2D eigenvalue weighted by Crippen LogP contribution is -2.52. The third-order valence-electron chi connectivity index (χ3n) is 9.09. The molecule has 5 fully saturated rings. The van der Waals surface area contributed by atoms with Gasteiger partial charge in [0.1, 0.15) is 12.5 Å². The van der Waals surface area contributed by atoms with Gasteiger partial charge in [-0.1, -0.05) is 32.1 Å². The van der Waals surface area contributed by atoms with Gasteiger partial charge in [-0.25, -0.2) is 10.9 Å². The van der Waals surface area contributed by atoms with E-state index in [0.717, 1.165) is 36.5 Å². The Hall–Kier alpha value is -0.690. The van der Waals surface area contributed by atoms with Crippen LogP contribution in [-0.2, 0) is 4.74 Å². The maximum absolute atomic E-state index is 8.04. The topological polar surface area (TPSA) is 86.4 Å². The Morgan fingerprint density at radius 2 is 1.79 bits per heavy atom. The number of hydrogen-bond donors (Lipinski definition) is 4. The summed E-state index contributed by atoms with van der Waals surface area (Å²) in [6.07, 6.45) is 14.9. The number of nitrogens with zero attached hydrogens (tertiary/aromatic N) is 1.